The van der Waals surface area contributed by atoms with Crippen LogP contribution in [0.1, 0.15) is 19.7 Å². The molecule has 0 aliphatic rings. The number of halogens is 1. The highest BCUT2D eigenvalue weighted by atomic mass is 79.9. The van der Waals surface area contributed by atoms with Crippen LogP contribution in [-0.4, -0.2) is 14.8 Å². The summed E-state index contributed by atoms with van der Waals surface area (Å²) < 4.78 is 1.93. The van der Waals surface area contributed by atoms with E-state index in [1.54, 1.807) is 6.33 Å². The lowest BCUT2D eigenvalue weighted by Gasteiger charge is -2.05. The fourth-order valence-electron chi connectivity index (χ4n) is 0.890. The second-order valence-electron chi connectivity index (χ2n) is 2.89. The van der Waals surface area contributed by atoms with Gasteiger partial charge in [0.25, 0.3) is 0 Å². The maximum Gasteiger partial charge on any atom is 0.138 e. The highest BCUT2D eigenvalue weighted by Gasteiger charge is 2.03. The summed E-state index contributed by atoms with van der Waals surface area (Å²) in [5.41, 5.74) is 0. The Bertz CT molecular complexity index is 219. The summed E-state index contributed by atoms with van der Waals surface area (Å²) in [5.74, 6) is 1.62. The molecule has 0 aliphatic carbocycles. The van der Waals surface area contributed by atoms with E-state index in [9.17, 15) is 0 Å². The molecule has 1 rings (SSSR count). The molecule has 62 valence electrons. The van der Waals surface area contributed by atoms with Crippen molar-refractivity contribution in [2.45, 2.75) is 25.7 Å². The van der Waals surface area contributed by atoms with Gasteiger partial charge < -0.3 is 0 Å². The zero-order valence-corrected chi connectivity index (χ0v) is 8.37. The van der Waals surface area contributed by atoms with E-state index in [-0.39, 0.29) is 0 Å². The van der Waals surface area contributed by atoms with E-state index < -0.39 is 0 Å². The molecule has 0 aliphatic heterocycles. The van der Waals surface area contributed by atoms with Gasteiger partial charge in [-0.15, -0.1) is 0 Å². The molecule has 11 heavy (non-hydrogen) atoms. The van der Waals surface area contributed by atoms with Crippen LogP contribution in [0.2, 0.25) is 0 Å². The van der Waals surface area contributed by atoms with E-state index in [1.807, 2.05) is 4.68 Å². The zero-order chi connectivity index (χ0) is 8.27. The van der Waals surface area contributed by atoms with E-state index >= 15 is 0 Å². The first-order chi connectivity index (χ1) is 5.24. The number of hydrogen-bond acceptors (Lipinski definition) is 2. The van der Waals surface area contributed by atoms with Gasteiger partial charge in [0, 0.05) is 6.54 Å². The van der Waals surface area contributed by atoms with Crippen molar-refractivity contribution in [3.8, 4) is 0 Å². The molecule has 4 heteroatoms. The molecule has 0 N–H and O–H groups in total. The number of rotatable bonds is 3. The standard InChI is InChI=1S/C7H12BrN3/c1-6(2)4-11-7(3-8)9-5-10-11/h5-6H,3-4H2,1-2H3. The van der Waals surface area contributed by atoms with Crippen LogP contribution >= 0.6 is 15.9 Å². The third-order valence-electron chi connectivity index (χ3n) is 1.35. The first kappa shape index (κ1) is 8.71. The Hall–Kier alpha value is -0.380. The van der Waals surface area contributed by atoms with Crippen molar-refractivity contribution in [2.24, 2.45) is 5.92 Å². The molecule has 0 fully saturated rings. The molecule has 0 bridgehead atoms. The molecule has 0 radical (unpaired) electrons. The smallest absolute Gasteiger partial charge is 0.138 e. The molecular formula is C7H12BrN3. The Morgan fingerprint density at radius 3 is 2.91 bits per heavy atom. The minimum atomic E-state index is 0.620. The molecule has 1 aromatic rings. The fourth-order valence-corrected chi connectivity index (χ4v) is 1.32. The lowest BCUT2D eigenvalue weighted by atomic mass is 10.2. The van der Waals surface area contributed by atoms with Gasteiger partial charge in [0.05, 0.1) is 5.33 Å². The maximum absolute atomic E-state index is 4.10. The topological polar surface area (TPSA) is 30.7 Å². The molecule has 0 amide bonds. The Kier molecular flexibility index (Phi) is 3.05. The summed E-state index contributed by atoms with van der Waals surface area (Å²) in [6, 6.07) is 0. The Morgan fingerprint density at radius 2 is 2.36 bits per heavy atom. The van der Waals surface area contributed by atoms with Crippen molar-refractivity contribution in [2.75, 3.05) is 0 Å². The van der Waals surface area contributed by atoms with Gasteiger partial charge >= 0.3 is 0 Å². The molecule has 3 nitrogen and oxygen atoms in total. The van der Waals surface area contributed by atoms with Gasteiger partial charge in [-0.25, -0.2) is 9.67 Å². The molecule has 1 heterocycles. The fraction of sp³-hybridized carbons (Fsp3) is 0.714. The van der Waals surface area contributed by atoms with E-state index in [1.165, 1.54) is 0 Å². The van der Waals surface area contributed by atoms with Crippen molar-refractivity contribution < 1.29 is 0 Å². The van der Waals surface area contributed by atoms with E-state index in [0.717, 1.165) is 17.7 Å². The van der Waals surface area contributed by atoms with Gasteiger partial charge in [-0.05, 0) is 5.92 Å². The van der Waals surface area contributed by atoms with Crippen LogP contribution in [0.3, 0.4) is 0 Å². The van der Waals surface area contributed by atoms with Crippen LogP contribution in [0.4, 0.5) is 0 Å². The second-order valence-corrected chi connectivity index (χ2v) is 3.45. The predicted octanol–water partition coefficient (Wildman–Crippen LogP) is 1.83. The van der Waals surface area contributed by atoms with Crippen LogP contribution in [0, 0.1) is 5.92 Å². The van der Waals surface area contributed by atoms with Crippen molar-refractivity contribution in [3.05, 3.63) is 12.2 Å². The normalized spacial score (nSPS) is 10.9. The van der Waals surface area contributed by atoms with Gasteiger partial charge in [0.15, 0.2) is 0 Å². The van der Waals surface area contributed by atoms with Crippen LogP contribution < -0.4 is 0 Å². The largest absolute Gasteiger partial charge is 0.249 e. The summed E-state index contributed by atoms with van der Waals surface area (Å²) in [5, 5.41) is 4.88. The third-order valence-corrected chi connectivity index (χ3v) is 1.85. The Morgan fingerprint density at radius 1 is 1.64 bits per heavy atom. The third kappa shape index (κ3) is 2.29. The van der Waals surface area contributed by atoms with Crippen molar-refractivity contribution in [1.82, 2.24) is 14.8 Å². The minimum Gasteiger partial charge on any atom is -0.249 e. The summed E-state index contributed by atoms with van der Waals surface area (Å²) in [6.45, 7) is 5.28. The predicted molar refractivity (Wildman–Crippen MR) is 47.5 cm³/mol. The SMILES string of the molecule is CC(C)Cn1ncnc1CBr. The lowest BCUT2D eigenvalue weighted by Crippen LogP contribution is -2.08. The van der Waals surface area contributed by atoms with Crippen LogP contribution in [-0.2, 0) is 11.9 Å². The molecule has 0 unspecified atom stereocenters. The highest BCUT2D eigenvalue weighted by molar-refractivity contribution is 9.08. The molecule has 0 aromatic carbocycles. The minimum absolute atomic E-state index is 0.620. The van der Waals surface area contributed by atoms with Gasteiger partial charge in [0.1, 0.15) is 12.2 Å². The Balaban J connectivity index is 2.68. The molecule has 0 atom stereocenters. The van der Waals surface area contributed by atoms with Gasteiger partial charge in [-0.1, -0.05) is 29.8 Å². The van der Waals surface area contributed by atoms with E-state index in [2.05, 4.69) is 39.9 Å². The number of alkyl halides is 1. The number of nitrogens with zero attached hydrogens (tertiary/aromatic N) is 3. The van der Waals surface area contributed by atoms with Gasteiger partial charge in [-0.2, -0.15) is 5.10 Å². The van der Waals surface area contributed by atoms with Crippen LogP contribution in [0.15, 0.2) is 6.33 Å². The van der Waals surface area contributed by atoms with E-state index in [4.69, 9.17) is 0 Å². The zero-order valence-electron chi connectivity index (χ0n) is 6.79. The second kappa shape index (κ2) is 3.85. The summed E-state index contributed by atoms with van der Waals surface area (Å²) in [4.78, 5) is 4.09. The van der Waals surface area contributed by atoms with Gasteiger partial charge in [0.2, 0.25) is 0 Å². The quantitative estimate of drug-likeness (QED) is 0.724. The number of hydrogen-bond donors (Lipinski definition) is 0. The van der Waals surface area contributed by atoms with Crippen molar-refractivity contribution in [3.63, 3.8) is 0 Å². The Labute approximate surface area is 75.0 Å². The molecule has 1 aromatic heterocycles. The summed E-state index contributed by atoms with van der Waals surface area (Å²) in [7, 11) is 0. The average molecular weight is 218 g/mol. The van der Waals surface area contributed by atoms with Crippen LogP contribution in [0.5, 0.6) is 0 Å². The molecule has 0 saturated carbocycles. The first-order valence-electron chi connectivity index (χ1n) is 3.66. The highest BCUT2D eigenvalue weighted by Crippen LogP contribution is 2.03. The van der Waals surface area contributed by atoms with Crippen molar-refractivity contribution in [1.29, 1.82) is 0 Å². The molecular weight excluding hydrogens is 206 g/mol. The maximum atomic E-state index is 4.10. The first-order valence-corrected chi connectivity index (χ1v) is 4.79. The van der Waals surface area contributed by atoms with Crippen molar-refractivity contribution >= 4 is 15.9 Å². The average Bonchev–Trinajstić information content (AvgIpc) is 2.34. The van der Waals surface area contributed by atoms with E-state index in [0.29, 0.717) is 5.92 Å². The molecule has 0 spiro atoms. The van der Waals surface area contributed by atoms with Crippen LogP contribution in [0.25, 0.3) is 0 Å². The summed E-state index contributed by atoms with van der Waals surface area (Å²) in [6.07, 6.45) is 1.60. The van der Waals surface area contributed by atoms with Gasteiger partial charge in [-0.3, -0.25) is 0 Å². The monoisotopic (exact) mass is 217 g/mol. The molecule has 0 saturated heterocycles. The summed E-state index contributed by atoms with van der Waals surface area (Å²) >= 11 is 3.35. The number of aromatic nitrogens is 3. The lowest BCUT2D eigenvalue weighted by molar-refractivity contribution is 0.472.